The molecule has 2 heterocycles. The summed E-state index contributed by atoms with van der Waals surface area (Å²) in [5, 5.41) is 14.2. The van der Waals surface area contributed by atoms with Crippen LogP contribution in [-0.4, -0.2) is 27.6 Å². The molecule has 0 spiro atoms. The molecule has 0 radical (unpaired) electrons. The highest BCUT2D eigenvalue weighted by molar-refractivity contribution is 7.99. The fourth-order valence-electron chi connectivity index (χ4n) is 3.86. The molecule has 1 aliphatic heterocycles. The molecule has 1 aliphatic rings. The first-order valence-corrected chi connectivity index (χ1v) is 10.9. The molecule has 30 heavy (non-hydrogen) atoms. The van der Waals surface area contributed by atoms with Gasteiger partial charge in [0, 0.05) is 29.5 Å². The van der Waals surface area contributed by atoms with E-state index in [0.717, 1.165) is 33.9 Å². The monoisotopic (exact) mass is 420 g/mol. The van der Waals surface area contributed by atoms with Gasteiger partial charge in [0.05, 0.1) is 17.2 Å². The fourth-order valence-corrected chi connectivity index (χ4v) is 4.74. The van der Waals surface area contributed by atoms with Gasteiger partial charge in [-0.05, 0) is 68.7 Å². The first kappa shape index (κ1) is 20.5. The van der Waals surface area contributed by atoms with Crippen LogP contribution in [0.5, 0.6) is 0 Å². The highest BCUT2D eigenvalue weighted by atomic mass is 32.2. The molecule has 6 nitrogen and oxygen atoms in total. The predicted molar refractivity (Wildman–Crippen MR) is 116 cm³/mol. The Kier molecular flexibility index (Phi) is 5.80. The highest BCUT2D eigenvalue weighted by Crippen LogP contribution is 2.37. The number of rotatable bonds is 5. The zero-order chi connectivity index (χ0) is 21.1. The van der Waals surface area contributed by atoms with Gasteiger partial charge in [0.1, 0.15) is 5.82 Å². The van der Waals surface area contributed by atoms with Crippen LogP contribution in [0.25, 0.3) is 5.69 Å². The number of hydrogen-bond donors (Lipinski definition) is 0. The molecule has 0 amide bonds. The van der Waals surface area contributed by atoms with E-state index in [0.29, 0.717) is 25.6 Å². The molecule has 0 saturated carbocycles. The van der Waals surface area contributed by atoms with Crippen LogP contribution in [0.4, 0.5) is 0 Å². The maximum atomic E-state index is 12.5. The number of aryl methyl sites for hydroxylation is 1. The third-order valence-corrected chi connectivity index (χ3v) is 6.63. The minimum atomic E-state index is -0.462. The van der Waals surface area contributed by atoms with Crippen molar-refractivity contribution < 1.29 is 4.74 Å². The van der Waals surface area contributed by atoms with Gasteiger partial charge < -0.3 is 4.74 Å². The zero-order valence-corrected chi connectivity index (χ0v) is 18.0. The van der Waals surface area contributed by atoms with E-state index >= 15 is 0 Å². The van der Waals surface area contributed by atoms with E-state index in [1.165, 1.54) is 4.68 Å². The smallest absolute Gasteiger partial charge is 0.350 e. The molecule has 4 rings (SSSR count). The number of hydrogen-bond acceptors (Lipinski definition) is 5. The summed E-state index contributed by atoms with van der Waals surface area (Å²) in [6, 6.07) is 18.6. The molecule has 1 fully saturated rings. The summed E-state index contributed by atoms with van der Waals surface area (Å²) in [7, 11) is 0. The SMILES string of the molecule is CCn1c(C)nn(-c2ccc(Sc3cccc(C4(C#N)CCOCC4)c3)cc2)c1=O. The lowest BCUT2D eigenvalue weighted by Crippen LogP contribution is -2.32. The van der Waals surface area contributed by atoms with E-state index in [1.54, 1.807) is 16.3 Å². The van der Waals surface area contributed by atoms with Gasteiger partial charge >= 0.3 is 5.69 Å². The van der Waals surface area contributed by atoms with Crippen molar-refractivity contribution in [1.82, 2.24) is 14.3 Å². The topological polar surface area (TPSA) is 72.8 Å². The Balaban J connectivity index is 1.56. The average molecular weight is 421 g/mol. The van der Waals surface area contributed by atoms with Crippen molar-refractivity contribution in [2.24, 2.45) is 0 Å². The molecule has 0 bridgehead atoms. The number of nitriles is 1. The van der Waals surface area contributed by atoms with Crippen LogP contribution < -0.4 is 5.69 Å². The first-order valence-electron chi connectivity index (χ1n) is 10.1. The first-order chi connectivity index (χ1) is 14.6. The van der Waals surface area contributed by atoms with E-state index in [1.807, 2.05) is 50.2 Å². The third-order valence-electron chi connectivity index (χ3n) is 5.63. The summed E-state index contributed by atoms with van der Waals surface area (Å²) in [4.78, 5) is 14.6. The van der Waals surface area contributed by atoms with Crippen LogP contribution in [0.1, 0.15) is 31.2 Å². The second-order valence-corrected chi connectivity index (χ2v) is 8.56. The number of ether oxygens (including phenoxy) is 1. The Morgan fingerprint density at radius 1 is 1.17 bits per heavy atom. The summed E-state index contributed by atoms with van der Waals surface area (Å²) in [6.45, 7) is 5.62. The minimum absolute atomic E-state index is 0.124. The van der Waals surface area contributed by atoms with E-state index < -0.39 is 5.41 Å². The molecule has 0 N–H and O–H groups in total. The van der Waals surface area contributed by atoms with Crippen molar-refractivity contribution in [3.8, 4) is 11.8 Å². The van der Waals surface area contributed by atoms with Crippen molar-refractivity contribution in [2.75, 3.05) is 13.2 Å². The van der Waals surface area contributed by atoms with Gasteiger partial charge in [0.2, 0.25) is 0 Å². The summed E-state index contributed by atoms with van der Waals surface area (Å²) in [5.41, 5.74) is 1.22. The van der Waals surface area contributed by atoms with Crippen LogP contribution in [0.2, 0.25) is 0 Å². The van der Waals surface area contributed by atoms with Gasteiger partial charge in [0.15, 0.2) is 0 Å². The summed E-state index contributed by atoms with van der Waals surface area (Å²) >= 11 is 1.64. The van der Waals surface area contributed by atoms with Crippen LogP contribution in [0.3, 0.4) is 0 Å². The van der Waals surface area contributed by atoms with Crippen LogP contribution >= 0.6 is 11.8 Å². The second kappa shape index (κ2) is 8.50. The molecule has 1 saturated heterocycles. The molecular formula is C23H24N4O2S. The van der Waals surface area contributed by atoms with Gasteiger partial charge in [-0.3, -0.25) is 4.57 Å². The predicted octanol–water partition coefficient (Wildman–Crippen LogP) is 4.09. The highest BCUT2D eigenvalue weighted by Gasteiger charge is 2.34. The Hall–Kier alpha value is -2.82. The van der Waals surface area contributed by atoms with E-state index in [2.05, 4.69) is 23.3 Å². The lowest BCUT2D eigenvalue weighted by atomic mass is 9.75. The molecule has 2 aromatic carbocycles. The van der Waals surface area contributed by atoms with Gasteiger partial charge in [0.25, 0.3) is 0 Å². The van der Waals surface area contributed by atoms with Crippen molar-refractivity contribution in [3.05, 3.63) is 70.4 Å². The van der Waals surface area contributed by atoms with Crippen LogP contribution in [0, 0.1) is 18.3 Å². The van der Waals surface area contributed by atoms with Gasteiger partial charge in [-0.1, -0.05) is 23.9 Å². The molecule has 1 aromatic heterocycles. The Labute approximate surface area is 180 Å². The number of nitrogens with zero attached hydrogens (tertiary/aromatic N) is 4. The third kappa shape index (κ3) is 3.81. The zero-order valence-electron chi connectivity index (χ0n) is 17.2. The number of aromatic nitrogens is 3. The lowest BCUT2D eigenvalue weighted by molar-refractivity contribution is 0.0675. The Morgan fingerprint density at radius 2 is 1.90 bits per heavy atom. The van der Waals surface area contributed by atoms with Crippen LogP contribution in [0.15, 0.2) is 63.1 Å². The van der Waals surface area contributed by atoms with Crippen molar-refractivity contribution in [1.29, 1.82) is 5.26 Å². The summed E-state index contributed by atoms with van der Waals surface area (Å²) in [6.07, 6.45) is 1.45. The molecule has 0 atom stereocenters. The molecule has 0 unspecified atom stereocenters. The van der Waals surface area contributed by atoms with Crippen molar-refractivity contribution in [3.63, 3.8) is 0 Å². The molecule has 7 heteroatoms. The second-order valence-electron chi connectivity index (χ2n) is 7.42. The minimum Gasteiger partial charge on any atom is -0.381 e. The summed E-state index contributed by atoms with van der Waals surface area (Å²) < 4.78 is 8.55. The van der Waals surface area contributed by atoms with Crippen molar-refractivity contribution >= 4 is 11.8 Å². The van der Waals surface area contributed by atoms with E-state index in [9.17, 15) is 10.1 Å². The normalized spacial score (nSPS) is 15.6. The lowest BCUT2D eigenvalue weighted by Gasteiger charge is -2.31. The maximum Gasteiger partial charge on any atom is 0.350 e. The van der Waals surface area contributed by atoms with Gasteiger partial charge in [-0.25, -0.2) is 4.79 Å². The molecule has 3 aromatic rings. The number of benzene rings is 2. The van der Waals surface area contributed by atoms with Crippen LogP contribution in [-0.2, 0) is 16.7 Å². The van der Waals surface area contributed by atoms with Gasteiger partial charge in [-0.15, -0.1) is 0 Å². The van der Waals surface area contributed by atoms with E-state index in [-0.39, 0.29) is 5.69 Å². The van der Waals surface area contributed by atoms with Gasteiger partial charge in [-0.2, -0.15) is 15.0 Å². The Bertz CT molecular complexity index is 1140. The quantitative estimate of drug-likeness (QED) is 0.622. The van der Waals surface area contributed by atoms with Crippen molar-refractivity contribution in [2.45, 2.75) is 48.4 Å². The summed E-state index contributed by atoms with van der Waals surface area (Å²) in [5.74, 6) is 0.706. The fraction of sp³-hybridized carbons (Fsp3) is 0.348. The standard InChI is InChI=1S/C23H24N4O2S/c1-3-26-17(2)25-27(22(26)28)19-7-9-20(10-8-19)30-21-6-4-5-18(15-21)23(16-24)11-13-29-14-12-23/h4-10,15H,3,11-14H2,1-2H3. The molecule has 154 valence electrons. The largest absolute Gasteiger partial charge is 0.381 e. The Morgan fingerprint density at radius 3 is 2.53 bits per heavy atom. The molecular weight excluding hydrogens is 396 g/mol. The van der Waals surface area contributed by atoms with E-state index in [4.69, 9.17) is 4.74 Å². The molecule has 0 aliphatic carbocycles. The maximum absolute atomic E-state index is 12.5. The average Bonchev–Trinajstić information content (AvgIpc) is 3.08.